The summed E-state index contributed by atoms with van der Waals surface area (Å²) >= 11 is 1.62. The van der Waals surface area contributed by atoms with Crippen molar-refractivity contribution in [1.82, 2.24) is 0 Å². The molecular formula is C12H16O3S. The fourth-order valence-electron chi connectivity index (χ4n) is 1.20. The van der Waals surface area contributed by atoms with Crippen LogP contribution < -0.4 is 9.47 Å². The van der Waals surface area contributed by atoms with Crippen LogP contribution in [0.25, 0.3) is 0 Å². The zero-order chi connectivity index (χ0) is 12.0. The molecule has 0 radical (unpaired) electrons. The Bertz CT molecular complexity index is 363. The second-order valence-electron chi connectivity index (χ2n) is 3.32. The molecule has 0 fully saturated rings. The van der Waals surface area contributed by atoms with Gasteiger partial charge in [-0.3, -0.25) is 4.79 Å². The lowest BCUT2D eigenvalue weighted by Crippen LogP contribution is -1.93. The van der Waals surface area contributed by atoms with Crippen LogP contribution in [0.3, 0.4) is 0 Å². The molecule has 1 aromatic carbocycles. The van der Waals surface area contributed by atoms with Crippen LogP contribution in [0.1, 0.15) is 13.3 Å². The summed E-state index contributed by atoms with van der Waals surface area (Å²) in [5.74, 6) is 2.54. The Morgan fingerprint density at radius 2 is 2.06 bits per heavy atom. The number of benzene rings is 1. The van der Waals surface area contributed by atoms with Crippen molar-refractivity contribution in [2.24, 2.45) is 0 Å². The molecule has 0 amide bonds. The van der Waals surface area contributed by atoms with E-state index in [1.807, 2.05) is 18.2 Å². The molecule has 0 heterocycles. The molecular weight excluding hydrogens is 224 g/mol. The number of ether oxygens (including phenoxy) is 2. The summed E-state index contributed by atoms with van der Waals surface area (Å²) in [7, 11) is 3.25. The summed E-state index contributed by atoms with van der Waals surface area (Å²) in [5, 5.41) is 0. The largest absolute Gasteiger partial charge is 0.497 e. The van der Waals surface area contributed by atoms with Crippen molar-refractivity contribution in [2.75, 3.05) is 20.0 Å². The first kappa shape index (κ1) is 12.9. The minimum absolute atomic E-state index is 0.208. The van der Waals surface area contributed by atoms with Crippen LogP contribution in [0.15, 0.2) is 23.1 Å². The average Bonchev–Trinajstić information content (AvgIpc) is 2.29. The van der Waals surface area contributed by atoms with Crippen LogP contribution in [0, 0.1) is 0 Å². The van der Waals surface area contributed by atoms with E-state index in [4.69, 9.17) is 9.47 Å². The summed E-state index contributed by atoms with van der Waals surface area (Å²) in [5.41, 5.74) is 0. The van der Waals surface area contributed by atoms with Gasteiger partial charge in [-0.2, -0.15) is 0 Å². The number of carbonyl (C=O) groups excluding carboxylic acids is 1. The minimum Gasteiger partial charge on any atom is -0.497 e. The smallest absolute Gasteiger partial charge is 0.136 e. The van der Waals surface area contributed by atoms with E-state index in [-0.39, 0.29) is 5.78 Å². The van der Waals surface area contributed by atoms with Crippen LogP contribution in [-0.4, -0.2) is 25.8 Å². The molecule has 0 saturated carbocycles. The molecule has 0 unspecified atom stereocenters. The van der Waals surface area contributed by atoms with Crippen molar-refractivity contribution in [3.05, 3.63) is 18.2 Å². The van der Waals surface area contributed by atoms with Crippen molar-refractivity contribution < 1.29 is 14.3 Å². The SMILES string of the molecule is COc1ccc(SCCC(C)=O)c(OC)c1. The quantitative estimate of drug-likeness (QED) is 0.716. The van der Waals surface area contributed by atoms with E-state index < -0.39 is 0 Å². The van der Waals surface area contributed by atoms with E-state index in [1.165, 1.54) is 0 Å². The Morgan fingerprint density at radius 1 is 1.31 bits per heavy atom. The molecule has 1 aromatic rings. The van der Waals surface area contributed by atoms with Crippen LogP contribution in [-0.2, 0) is 4.79 Å². The van der Waals surface area contributed by atoms with Crippen LogP contribution >= 0.6 is 11.8 Å². The molecule has 88 valence electrons. The Morgan fingerprint density at radius 3 is 2.62 bits per heavy atom. The molecule has 1 rings (SSSR count). The normalized spacial score (nSPS) is 9.94. The number of ketones is 1. The Hall–Kier alpha value is -1.16. The molecule has 0 N–H and O–H groups in total. The number of carbonyl (C=O) groups is 1. The van der Waals surface area contributed by atoms with E-state index in [1.54, 1.807) is 32.9 Å². The first-order chi connectivity index (χ1) is 7.67. The number of Topliss-reactive ketones (excluding diaryl/α,β-unsaturated/α-hetero) is 1. The lowest BCUT2D eigenvalue weighted by atomic mass is 10.3. The van der Waals surface area contributed by atoms with Crippen LogP contribution in [0.5, 0.6) is 11.5 Å². The molecule has 0 aliphatic carbocycles. The van der Waals surface area contributed by atoms with Gasteiger partial charge in [-0.15, -0.1) is 11.8 Å². The average molecular weight is 240 g/mol. The highest BCUT2D eigenvalue weighted by Crippen LogP contribution is 2.32. The number of hydrogen-bond acceptors (Lipinski definition) is 4. The van der Waals surface area contributed by atoms with Crippen LogP contribution in [0.2, 0.25) is 0 Å². The summed E-state index contributed by atoms with van der Waals surface area (Å²) in [6.45, 7) is 1.60. The second kappa shape index (κ2) is 6.43. The van der Waals surface area contributed by atoms with Crippen molar-refractivity contribution in [3.8, 4) is 11.5 Å². The maximum absolute atomic E-state index is 10.8. The molecule has 0 aliphatic heterocycles. The van der Waals surface area contributed by atoms with Gasteiger partial charge < -0.3 is 9.47 Å². The fraction of sp³-hybridized carbons (Fsp3) is 0.417. The highest BCUT2D eigenvalue weighted by Gasteiger charge is 2.05. The number of thioether (sulfide) groups is 1. The molecule has 0 saturated heterocycles. The molecule has 0 aromatic heterocycles. The van der Waals surface area contributed by atoms with Gasteiger partial charge in [0.1, 0.15) is 17.3 Å². The van der Waals surface area contributed by atoms with Gasteiger partial charge in [0.25, 0.3) is 0 Å². The molecule has 3 nitrogen and oxygen atoms in total. The zero-order valence-electron chi connectivity index (χ0n) is 9.78. The molecule has 0 aliphatic rings. The number of rotatable bonds is 6. The Labute approximate surface area is 100 Å². The maximum Gasteiger partial charge on any atom is 0.136 e. The summed E-state index contributed by atoms with van der Waals surface area (Å²) < 4.78 is 10.4. The van der Waals surface area contributed by atoms with Crippen molar-refractivity contribution in [3.63, 3.8) is 0 Å². The Balaban J connectivity index is 2.68. The molecule has 4 heteroatoms. The van der Waals surface area contributed by atoms with Gasteiger partial charge in [-0.1, -0.05) is 0 Å². The van der Waals surface area contributed by atoms with E-state index in [2.05, 4.69) is 0 Å². The third kappa shape index (κ3) is 3.77. The fourth-order valence-corrected chi connectivity index (χ4v) is 2.26. The monoisotopic (exact) mass is 240 g/mol. The van der Waals surface area contributed by atoms with E-state index >= 15 is 0 Å². The van der Waals surface area contributed by atoms with Crippen molar-refractivity contribution in [1.29, 1.82) is 0 Å². The predicted octanol–water partition coefficient (Wildman–Crippen LogP) is 2.78. The van der Waals surface area contributed by atoms with Gasteiger partial charge in [0.2, 0.25) is 0 Å². The summed E-state index contributed by atoms with van der Waals surface area (Å²) in [6, 6.07) is 5.68. The summed E-state index contributed by atoms with van der Waals surface area (Å²) in [4.78, 5) is 11.9. The highest BCUT2D eigenvalue weighted by atomic mass is 32.2. The first-order valence-electron chi connectivity index (χ1n) is 5.01. The van der Waals surface area contributed by atoms with Gasteiger partial charge in [0, 0.05) is 23.1 Å². The first-order valence-corrected chi connectivity index (χ1v) is 6.00. The third-order valence-corrected chi connectivity index (χ3v) is 3.14. The minimum atomic E-state index is 0.208. The topological polar surface area (TPSA) is 35.5 Å². The van der Waals surface area contributed by atoms with Gasteiger partial charge in [-0.25, -0.2) is 0 Å². The second-order valence-corrected chi connectivity index (χ2v) is 4.45. The van der Waals surface area contributed by atoms with E-state index in [9.17, 15) is 4.79 Å². The predicted molar refractivity (Wildman–Crippen MR) is 65.6 cm³/mol. The number of hydrogen-bond donors (Lipinski definition) is 0. The van der Waals surface area contributed by atoms with Gasteiger partial charge in [-0.05, 0) is 19.1 Å². The van der Waals surface area contributed by atoms with Gasteiger partial charge in [0.15, 0.2) is 0 Å². The van der Waals surface area contributed by atoms with Gasteiger partial charge >= 0.3 is 0 Å². The van der Waals surface area contributed by atoms with Crippen molar-refractivity contribution in [2.45, 2.75) is 18.2 Å². The van der Waals surface area contributed by atoms with E-state index in [0.29, 0.717) is 6.42 Å². The van der Waals surface area contributed by atoms with Crippen LogP contribution in [0.4, 0.5) is 0 Å². The highest BCUT2D eigenvalue weighted by molar-refractivity contribution is 7.99. The maximum atomic E-state index is 10.8. The number of methoxy groups -OCH3 is 2. The molecule has 0 atom stereocenters. The molecule has 0 bridgehead atoms. The zero-order valence-corrected chi connectivity index (χ0v) is 10.6. The third-order valence-electron chi connectivity index (χ3n) is 2.08. The molecule has 16 heavy (non-hydrogen) atoms. The lowest BCUT2D eigenvalue weighted by Gasteiger charge is -2.09. The lowest BCUT2D eigenvalue weighted by molar-refractivity contribution is -0.116. The summed E-state index contributed by atoms with van der Waals surface area (Å²) in [6.07, 6.45) is 0.583. The van der Waals surface area contributed by atoms with Crippen molar-refractivity contribution >= 4 is 17.5 Å². The Kier molecular flexibility index (Phi) is 5.19. The standard InChI is InChI=1S/C12H16O3S/c1-9(13)6-7-16-12-5-4-10(14-2)8-11(12)15-3/h4-5,8H,6-7H2,1-3H3. The van der Waals surface area contributed by atoms with E-state index in [0.717, 1.165) is 22.1 Å². The molecule has 0 spiro atoms. The van der Waals surface area contributed by atoms with Gasteiger partial charge in [0.05, 0.1) is 14.2 Å².